The predicted octanol–water partition coefficient (Wildman–Crippen LogP) is 7.23. The Hall–Kier alpha value is -5.73. The van der Waals surface area contributed by atoms with Crippen molar-refractivity contribution in [1.82, 2.24) is 24.2 Å². The van der Waals surface area contributed by atoms with Gasteiger partial charge in [-0.25, -0.2) is 9.65 Å². The number of anilines is 1. The van der Waals surface area contributed by atoms with Crippen LogP contribution >= 0.6 is 8.53 Å². The molecule has 1 aliphatic rings. The number of esters is 1. The number of rotatable bonds is 20. The summed E-state index contributed by atoms with van der Waals surface area (Å²) in [6.07, 6.45) is -2.99. The standard InChI is InChI=1S/C46H56N7O10P/c1-28(2)42(55)50-45-49-41-38(43(56)51-45)48-27-52(41)44-40(61-31(7)54)39(63-64(60-25-13-24-47)53(29(3)4)30(5)6)37(62-44)26-59-46(32-14-11-10-12-15-32,33-16-20-35(57-8)21-17-33)34-18-22-36(58-9)23-19-34/h10-12,14-23,27-30,37,39-40,44H,13,25-26H2,1-9H3,(H2,49,50,51,55,56)/t37-,39-,40+,44-,64?/m1/s1. The Balaban J connectivity index is 1.53. The van der Waals surface area contributed by atoms with E-state index < -0.39 is 56.1 Å². The molecule has 1 unspecified atom stereocenters. The van der Waals surface area contributed by atoms with Crippen LogP contribution in [0.2, 0.25) is 0 Å². The van der Waals surface area contributed by atoms with Gasteiger partial charge in [0, 0.05) is 24.9 Å². The maximum Gasteiger partial charge on any atom is 0.303 e. The second-order valence-corrected chi connectivity index (χ2v) is 17.4. The van der Waals surface area contributed by atoms with Gasteiger partial charge >= 0.3 is 5.97 Å². The van der Waals surface area contributed by atoms with Crippen LogP contribution in [-0.2, 0) is 38.4 Å². The summed E-state index contributed by atoms with van der Waals surface area (Å²) < 4.78 is 48.5. The summed E-state index contributed by atoms with van der Waals surface area (Å²) in [5.74, 6) is -0.208. The number of hydrogen-bond acceptors (Lipinski definition) is 14. The van der Waals surface area contributed by atoms with Crippen molar-refractivity contribution in [3.05, 3.63) is 112 Å². The number of methoxy groups -OCH3 is 2. The van der Waals surface area contributed by atoms with E-state index in [2.05, 4.69) is 31.0 Å². The van der Waals surface area contributed by atoms with Gasteiger partial charge in [-0.3, -0.25) is 29.3 Å². The van der Waals surface area contributed by atoms with Gasteiger partial charge in [0.05, 0.1) is 46.3 Å². The van der Waals surface area contributed by atoms with E-state index in [-0.39, 0.29) is 54.7 Å². The zero-order valence-corrected chi connectivity index (χ0v) is 38.4. The minimum Gasteiger partial charge on any atom is -0.497 e. The zero-order chi connectivity index (χ0) is 46.1. The summed E-state index contributed by atoms with van der Waals surface area (Å²) in [7, 11) is 1.26. The molecule has 0 bridgehead atoms. The smallest absolute Gasteiger partial charge is 0.303 e. The number of aromatic nitrogens is 4. The van der Waals surface area contributed by atoms with Gasteiger partial charge < -0.3 is 32.7 Å². The zero-order valence-electron chi connectivity index (χ0n) is 37.5. The minimum absolute atomic E-state index is 0.0418. The maximum atomic E-state index is 13.4. The Bertz CT molecular complexity index is 2380. The fraction of sp³-hybridized carbons (Fsp3) is 0.435. The summed E-state index contributed by atoms with van der Waals surface area (Å²) in [5.41, 5.74) is 0.449. The first-order chi connectivity index (χ1) is 30.7. The maximum absolute atomic E-state index is 13.4. The van der Waals surface area contributed by atoms with Gasteiger partial charge in [-0.2, -0.15) is 10.2 Å². The molecular formula is C46H56N7O10P. The molecule has 6 rings (SSSR count). The number of benzene rings is 3. The van der Waals surface area contributed by atoms with Crippen molar-refractivity contribution in [1.29, 1.82) is 5.26 Å². The van der Waals surface area contributed by atoms with Crippen molar-refractivity contribution in [2.75, 3.05) is 32.8 Å². The number of carbonyl (C=O) groups is 2. The van der Waals surface area contributed by atoms with Crippen LogP contribution in [0.25, 0.3) is 11.2 Å². The minimum atomic E-state index is -1.94. The summed E-state index contributed by atoms with van der Waals surface area (Å²) >= 11 is 0. The average molecular weight is 898 g/mol. The van der Waals surface area contributed by atoms with Gasteiger partial charge in [-0.1, -0.05) is 68.4 Å². The van der Waals surface area contributed by atoms with Gasteiger partial charge in [0.15, 0.2) is 23.5 Å². The fourth-order valence-electron chi connectivity index (χ4n) is 7.62. The van der Waals surface area contributed by atoms with Crippen molar-refractivity contribution in [3.63, 3.8) is 0 Å². The molecule has 1 amide bonds. The number of hydrogen-bond donors (Lipinski definition) is 2. The topological polar surface area (TPSA) is 201 Å². The van der Waals surface area contributed by atoms with Crippen molar-refractivity contribution in [3.8, 4) is 17.6 Å². The van der Waals surface area contributed by atoms with Gasteiger partial charge in [0.25, 0.3) is 14.1 Å². The van der Waals surface area contributed by atoms with Crippen molar-refractivity contribution in [2.45, 2.75) is 97.1 Å². The molecule has 2 aromatic heterocycles. The first-order valence-electron chi connectivity index (χ1n) is 21.1. The highest BCUT2D eigenvalue weighted by molar-refractivity contribution is 7.44. The Labute approximate surface area is 373 Å². The van der Waals surface area contributed by atoms with E-state index in [0.29, 0.717) is 11.5 Å². The molecule has 17 nitrogen and oxygen atoms in total. The van der Waals surface area contributed by atoms with E-state index in [1.54, 1.807) is 28.1 Å². The lowest BCUT2D eigenvalue weighted by atomic mass is 9.80. The summed E-state index contributed by atoms with van der Waals surface area (Å²) in [4.78, 5) is 50.8. The number of nitrogens with zero attached hydrogens (tertiary/aromatic N) is 5. The molecule has 5 atom stereocenters. The van der Waals surface area contributed by atoms with Crippen molar-refractivity contribution < 1.29 is 42.3 Å². The van der Waals surface area contributed by atoms with Crippen LogP contribution in [0.4, 0.5) is 5.95 Å². The third-order valence-corrected chi connectivity index (χ3v) is 12.7. The number of amides is 1. The number of fused-ring (bicyclic) bond motifs is 1. The first-order valence-corrected chi connectivity index (χ1v) is 22.2. The third-order valence-electron chi connectivity index (χ3n) is 10.6. The lowest BCUT2D eigenvalue weighted by Gasteiger charge is -2.39. The molecule has 0 saturated carbocycles. The summed E-state index contributed by atoms with van der Waals surface area (Å²) in [5, 5.41) is 12.1. The van der Waals surface area contributed by atoms with E-state index in [1.165, 1.54) is 17.8 Å². The fourth-order valence-corrected chi connectivity index (χ4v) is 9.39. The van der Waals surface area contributed by atoms with Crippen LogP contribution in [-0.4, -0.2) is 93.9 Å². The van der Waals surface area contributed by atoms with E-state index >= 15 is 0 Å². The van der Waals surface area contributed by atoms with Gasteiger partial charge in [0.1, 0.15) is 29.3 Å². The molecule has 5 aromatic rings. The van der Waals surface area contributed by atoms with Crippen LogP contribution < -0.4 is 20.3 Å². The molecule has 2 N–H and O–H groups in total. The molecule has 0 radical (unpaired) electrons. The number of imidazole rings is 1. The Morgan fingerprint density at radius 1 is 0.922 bits per heavy atom. The molecule has 18 heteroatoms. The predicted molar refractivity (Wildman–Crippen MR) is 239 cm³/mol. The highest BCUT2D eigenvalue weighted by Crippen LogP contribution is 2.51. The van der Waals surface area contributed by atoms with Crippen molar-refractivity contribution in [2.24, 2.45) is 5.92 Å². The number of nitriles is 1. The van der Waals surface area contributed by atoms with Crippen LogP contribution in [0.5, 0.6) is 11.5 Å². The molecule has 0 aliphatic carbocycles. The number of aromatic amines is 1. The van der Waals surface area contributed by atoms with Gasteiger partial charge in [-0.05, 0) is 68.7 Å². The molecule has 64 heavy (non-hydrogen) atoms. The number of ether oxygens (including phenoxy) is 5. The number of carbonyl (C=O) groups excluding carboxylic acids is 2. The number of nitrogens with one attached hydrogen (secondary N) is 2. The van der Waals surface area contributed by atoms with Crippen LogP contribution in [0, 0.1) is 17.2 Å². The third kappa shape index (κ3) is 10.4. The lowest BCUT2D eigenvalue weighted by molar-refractivity contribution is -0.155. The molecule has 0 spiro atoms. The van der Waals surface area contributed by atoms with E-state index in [0.717, 1.165) is 16.7 Å². The highest BCUT2D eigenvalue weighted by Gasteiger charge is 2.53. The molecule has 1 fully saturated rings. The van der Waals surface area contributed by atoms with Crippen LogP contribution in [0.1, 0.15) is 77.8 Å². The second-order valence-electron chi connectivity index (χ2n) is 16.0. The molecule has 1 aliphatic heterocycles. The van der Waals surface area contributed by atoms with Crippen LogP contribution in [0.3, 0.4) is 0 Å². The second kappa shape index (κ2) is 21.3. The van der Waals surface area contributed by atoms with Gasteiger partial charge in [-0.15, -0.1) is 0 Å². The Kier molecular flexibility index (Phi) is 15.9. The molecule has 1 saturated heterocycles. The normalized spacial score (nSPS) is 18.1. The SMILES string of the molecule is COc1ccc(C(OC[C@H]2O[C@@H](n3cnc4c(=O)[nH]c(NC(=O)C(C)C)nc43)[C@@H](OC(C)=O)[C@@H]2OP(OCCC#N)N(C(C)C)C(C)C)(c2ccccc2)c2ccc(OC)cc2)cc1. The lowest BCUT2D eigenvalue weighted by Crippen LogP contribution is -2.43. The largest absolute Gasteiger partial charge is 0.497 e. The van der Waals surface area contributed by atoms with Crippen molar-refractivity contribution >= 4 is 37.5 Å². The average Bonchev–Trinajstić information content (AvgIpc) is 3.84. The molecule has 340 valence electrons. The summed E-state index contributed by atoms with van der Waals surface area (Å²) in [6, 6.07) is 26.9. The van der Waals surface area contributed by atoms with Crippen LogP contribution in [0.15, 0.2) is 90.0 Å². The Morgan fingerprint density at radius 3 is 2.05 bits per heavy atom. The molecular weight excluding hydrogens is 842 g/mol. The molecule has 3 aromatic carbocycles. The summed E-state index contributed by atoms with van der Waals surface area (Å²) in [6.45, 7) is 12.7. The Morgan fingerprint density at radius 2 is 1.52 bits per heavy atom. The quantitative estimate of drug-likeness (QED) is 0.0343. The van der Waals surface area contributed by atoms with E-state index in [4.69, 9.17) is 32.7 Å². The van der Waals surface area contributed by atoms with Gasteiger partial charge in [0.2, 0.25) is 11.9 Å². The first kappa shape index (κ1) is 47.7. The monoisotopic (exact) mass is 897 g/mol. The number of H-pyrrole nitrogens is 1. The van der Waals surface area contributed by atoms with E-state index in [9.17, 15) is 19.6 Å². The highest BCUT2D eigenvalue weighted by atomic mass is 31.2. The molecule has 3 heterocycles. The van der Waals surface area contributed by atoms with E-state index in [1.807, 2.05) is 107 Å².